The summed E-state index contributed by atoms with van der Waals surface area (Å²) in [6.07, 6.45) is 3.31. The van der Waals surface area contributed by atoms with Crippen molar-refractivity contribution in [3.8, 4) is 5.75 Å². The van der Waals surface area contributed by atoms with Crippen molar-refractivity contribution in [3.63, 3.8) is 0 Å². The Morgan fingerprint density at radius 1 is 1.07 bits per heavy atom. The molecule has 0 atom stereocenters. The van der Waals surface area contributed by atoms with Crippen LogP contribution in [0.15, 0.2) is 12.1 Å². The molecule has 0 unspecified atom stereocenters. The van der Waals surface area contributed by atoms with Crippen molar-refractivity contribution in [2.75, 3.05) is 19.8 Å². The molecule has 1 fully saturated rings. The van der Waals surface area contributed by atoms with E-state index in [1.165, 1.54) is 12.1 Å². The lowest BCUT2D eigenvalue weighted by atomic mass is 9.75. The highest BCUT2D eigenvalue weighted by Crippen LogP contribution is 2.37. The van der Waals surface area contributed by atoms with Gasteiger partial charge in [0.2, 0.25) is 0 Å². The second kappa shape index (κ2) is 9.17. The molecule has 5 nitrogen and oxygen atoms in total. The minimum absolute atomic E-state index is 0.0924. The summed E-state index contributed by atoms with van der Waals surface area (Å²) in [5, 5.41) is 0. The standard InChI is InChI=1S/C20H30BFO5/c1-6-7-11-24-12-8-13-25-17-10-9-16(22)15(14-23)18(17)21-26-19(2,3)20(4,5)27-21/h9-10,14H,6-8,11-13H2,1-5H3. The van der Waals surface area contributed by atoms with Crippen molar-refractivity contribution in [2.24, 2.45) is 0 Å². The molecule has 0 aliphatic carbocycles. The van der Waals surface area contributed by atoms with Gasteiger partial charge in [-0.05, 0) is 46.2 Å². The monoisotopic (exact) mass is 380 g/mol. The number of carbonyl (C=O) groups excluding carboxylic acids is 1. The van der Waals surface area contributed by atoms with Crippen molar-refractivity contribution < 1.29 is 28.0 Å². The molecule has 1 aromatic carbocycles. The van der Waals surface area contributed by atoms with E-state index in [-0.39, 0.29) is 5.56 Å². The third-order valence-corrected chi connectivity index (χ3v) is 5.13. The first-order valence-electron chi connectivity index (χ1n) is 9.57. The van der Waals surface area contributed by atoms with Crippen molar-refractivity contribution in [3.05, 3.63) is 23.5 Å². The van der Waals surface area contributed by atoms with Crippen LogP contribution in [-0.2, 0) is 14.0 Å². The third kappa shape index (κ3) is 5.09. The Labute approximate surface area is 161 Å². The molecule has 0 aromatic heterocycles. The van der Waals surface area contributed by atoms with Crippen LogP contribution in [0.2, 0.25) is 0 Å². The van der Waals surface area contributed by atoms with Crippen molar-refractivity contribution in [1.29, 1.82) is 0 Å². The molecule has 0 N–H and O–H groups in total. The SMILES string of the molecule is CCCCOCCCOc1ccc(F)c(C=O)c1B1OC(C)(C)C(C)(C)O1. The molecule has 0 radical (unpaired) electrons. The lowest BCUT2D eigenvalue weighted by molar-refractivity contribution is 0.00578. The average Bonchev–Trinajstić information content (AvgIpc) is 2.82. The van der Waals surface area contributed by atoms with E-state index in [2.05, 4.69) is 6.92 Å². The number of carbonyl (C=O) groups is 1. The zero-order valence-corrected chi connectivity index (χ0v) is 17.0. The number of ether oxygens (including phenoxy) is 2. The third-order valence-electron chi connectivity index (χ3n) is 5.13. The van der Waals surface area contributed by atoms with Crippen LogP contribution in [0.25, 0.3) is 0 Å². The van der Waals surface area contributed by atoms with Crippen LogP contribution in [0.4, 0.5) is 4.39 Å². The second-order valence-corrected chi connectivity index (χ2v) is 7.75. The van der Waals surface area contributed by atoms with Crippen molar-refractivity contribution in [2.45, 2.75) is 65.1 Å². The Morgan fingerprint density at radius 3 is 2.30 bits per heavy atom. The Hall–Kier alpha value is -1.44. The molecule has 150 valence electrons. The lowest BCUT2D eigenvalue weighted by Gasteiger charge is -2.32. The minimum Gasteiger partial charge on any atom is -0.494 e. The number of aldehydes is 1. The topological polar surface area (TPSA) is 54.0 Å². The maximum absolute atomic E-state index is 14.2. The molecular formula is C20H30BFO5. The second-order valence-electron chi connectivity index (χ2n) is 7.75. The first kappa shape index (κ1) is 21.9. The highest BCUT2D eigenvalue weighted by Gasteiger charge is 2.53. The Balaban J connectivity index is 2.13. The molecule has 1 aromatic rings. The zero-order chi connectivity index (χ0) is 20.1. The molecule has 7 heteroatoms. The van der Waals surface area contributed by atoms with Crippen LogP contribution in [0.1, 0.15) is 64.2 Å². The molecule has 0 amide bonds. The van der Waals surface area contributed by atoms with Gasteiger partial charge in [0.05, 0.1) is 23.4 Å². The molecule has 1 aliphatic rings. The van der Waals surface area contributed by atoms with Crippen LogP contribution in [0.5, 0.6) is 5.75 Å². The summed E-state index contributed by atoms with van der Waals surface area (Å²) in [5.74, 6) is -0.226. The van der Waals surface area contributed by atoms with Gasteiger partial charge in [-0.1, -0.05) is 13.3 Å². The summed E-state index contributed by atoms with van der Waals surface area (Å²) in [5.41, 5.74) is -0.996. The average molecular weight is 380 g/mol. The molecular weight excluding hydrogens is 350 g/mol. The molecule has 1 aliphatic heterocycles. The normalized spacial score (nSPS) is 17.9. The molecule has 0 saturated carbocycles. The molecule has 1 saturated heterocycles. The van der Waals surface area contributed by atoms with E-state index in [0.717, 1.165) is 19.4 Å². The largest absolute Gasteiger partial charge is 0.499 e. The summed E-state index contributed by atoms with van der Waals surface area (Å²) in [6.45, 7) is 11.4. The van der Waals surface area contributed by atoms with Gasteiger partial charge in [-0.25, -0.2) is 4.39 Å². The van der Waals surface area contributed by atoms with Gasteiger partial charge in [0.15, 0.2) is 6.29 Å². The van der Waals surface area contributed by atoms with Crippen LogP contribution in [0.3, 0.4) is 0 Å². The van der Waals surface area contributed by atoms with Gasteiger partial charge in [0.25, 0.3) is 0 Å². The fourth-order valence-corrected chi connectivity index (χ4v) is 2.73. The zero-order valence-electron chi connectivity index (χ0n) is 17.0. The summed E-state index contributed by atoms with van der Waals surface area (Å²) in [7, 11) is -0.873. The maximum Gasteiger partial charge on any atom is 0.499 e. The van der Waals surface area contributed by atoms with Crippen molar-refractivity contribution in [1.82, 2.24) is 0 Å². The molecule has 0 spiro atoms. The highest BCUT2D eigenvalue weighted by atomic mass is 19.1. The summed E-state index contributed by atoms with van der Waals surface area (Å²) >= 11 is 0. The summed E-state index contributed by atoms with van der Waals surface area (Å²) in [4.78, 5) is 11.5. The smallest absolute Gasteiger partial charge is 0.494 e. The van der Waals surface area contributed by atoms with Gasteiger partial charge in [-0.3, -0.25) is 4.79 Å². The predicted molar refractivity (Wildman–Crippen MR) is 103 cm³/mol. The van der Waals surface area contributed by atoms with E-state index in [1.807, 2.05) is 27.7 Å². The first-order chi connectivity index (χ1) is 12.7. The fraction of sp³-hybridized carbons (Fsp3) is 0.650. The number of unbranched alkanes of at least 4 members (excludes halogenated alkanes) is 1. The number of hydrogen-bond donors (Lipinski definition) is 0. The summed E-state index contributed by atoms with van der Waals surface area (Å²) in [6, 6.07) is 2.74. The summed E-state index contributed by atoms with van der Waals surface area (Å²) < 4.78 is 37.6. The van der Waals surface area contributed by atoms with Crippen LogP contribution >= 0.6 is 0 Å². The van der Waals surface area contributed by atoms with E-state index < -0.39 is 24.1 Å². The first-order valence-corrected chi connectivity index (χ1v) is 9.57. The van der Waals surface area contributed by atoms with E-state index in [0.29, 0.717) is 37.1 Å². The van der Waals surface area contributed by atoms with Gasteiger partial charge in [0, 0.05) is 25.1 Å². The Kier molecular flexibility index (Phi) is 7.43. The van der Waals surface area contributed by atoms with Crippen molar-refractivity contribution >= 4 is 18.9 Å². The van der Waals surface area contributed by atoms with Crippen LogP contribution in [-0.4, -0.2) is 44.4 Å². The van der Waals surface area contributed by atoms with Gasteiger partial charge < -0.3 is 18.8 Å². The molecule has 0 bridgehead atoms. The fourth-order valence-electron chi connectivity index (χ4n) is 2.73. The van der Waals surface area contributed by atoms with Gasteiger partial charge in [-0.2, -0.15) is 0 Å². The Morgan fingerprint density at radius 2 is 1.70 bits per heavy atom. The van der Waals surface area contributed by atoms with Crippen LogP contribution < -0.4 is 10.2 Å². The highest BCUT2D eigenvalue weighted by molar-refractivity contribution is 6.64. The van der Waals surface area contributed by atoms with Gasteiger partial charge in [-0.15, -0.1) is 0 Å². The van der Waals surface area contributed by atoms with E-state index in [1.54, 1.807) is 0 Å². The van der Waals surface area contributed by atoms with E-state index >= 15 is 0 Å². The Bertz CT molecular complexity index is 632. The van der Waals surface area contributed by atoms with E-state index in [4.69, 9.17) is 18.8 Å². The van der Waals surface area contributed by atoms with Gasteiger partial charge in [0.1, 0.15) is 11.6 Å². The molecule has 27 heavy (non-hydrogen) atoms. The van der Waals surface area contributed by atoms with Gasteiger partial charge >= 0.3 is 7.12 Å². The number of hydrogen-bond acceptors (Lipinski definition) is 5. The quantitative estimate of drug-likeness (QED) is 0.353. The molecule has 2 rings (SSSR count). The minimum atomic E-state index is -0.873. The predicted octanol–water partition coefficient (Wildman–Crippen LogP) is 3.52. The number of halogens is 1. The lowest BCUT2D eigenvalue weighted by Crippen LogP contribution is -2.41. The number of rotatable bonds is 10. The number of benzene rings is 1. The maximum atomic E-state index is 14.2. The van der Waals surface area contributed by atoms with Crippen LogP contribution in [0, 0.1) is 5.82 Å². The van der Waals surface area contributed by atoms with E-state index in [9.17, 15) is 9.18 Å². The molecule has 1 heterocycles.